The van der Waals surface area contributed by atoms with Crippen LogP contribution in [-0.4, -0.2) is 4.57 Å². The fourth-order valence-corrected chi connectivity index (χ4v) is 1.80. The van der Waals surface area contributed by atoms with Crippen LogP contribution in [0, 0.1) is 13.8 Å². The van der Waals surface area contributed by atoms with Gasteiger partial charge in [-0.15, -0.1) is 0 Å². The molecule has 78 valence electrons. The molecule has 0 radical (unpaired) electrons. The van der Waals surface area contributed by atoms with E-state index < -0.39 is 0 Å². The summed E-state index contributed by atoms with van der Waals surface area (Å²) in [5.74, 6) is 0. The average Bonchev–Trinajstić information content (AvgIpc) is 2.19. The van der Waals surface area contributed by atoms with Crippen LogP contribution in [0.5, 0.6) is 0 Å². The maximum absolute atomic E-state index is 11.7. The molecule has 0 unspecified atom stereocenters. The zero-order valence-electron chi connectivity index (χ0n) is 9.16. The molecule has 0 saturated heterocycles. The first-order chi connectivity index (χ1) is 7.00. The van der Waals surface area contributed by atoms with E-state index in [0.717, 1.165) is 27.7 Å². The van der Waals surface area contributed by atoms with E-state index in [1.54, 1.807) is 11.6 Å². The number of hydrogen-bond acceptors (Lipinski definition) is 2. The summed E-state index contributed by atoms with van der Waals surface area (Å²) in [7, 11) is 1.79. The molecule has 0 saturated carbocycles. The van der Waals surface area contributed by atoms with E-state index in [9.17, 15) is 4.79 Å². The van der Waals surface area contributed by atoms with Gasteiger partial charge in [-0.25, -0.2) is 0 Å². The van der Waals surface area contributed by atoms with Crippen molar-refractivity contribution in [2.24, 2.45) is 7.05 Å². The standard InChI is InChI=1S/C12H14N2O/c1-7-5-11-9(6-10(7)13)4-8(2)12(15)14(11)3/h4-6H,13H2,1-3H3. The number of aryl methyl sites for hydroxylation is 3. The Balaban J connectivity index is 3.00. The summed E-state index contributed by atoms with van der Waals surface area (Å²) in [5, 5.41) is 1.01. The van der Waals surface area contributed by atoms with Crippen LogP contribution in [-0.2, 0) is 7.05 Å². The molecule has 0 amide bonds. The summed E-state index contributed by atoms with van der Waals surface area (Å²) < 4.78 is 1.66. The Bertz CT molecular complexity index is 597. The summed E-state index contributed by atoms with van der Waals surface area (Å²) in [4.78, 5) is 11.7. The lowest BCUT2D eigenvalue weighted by Gasteiger charge is -2.09. The van der Waals surface area contributed by atoms with Gasteiger partial charge in [-0.05, 0) is 37.6 Å². The lowest BCUT2D eigenvalue weighted by molar-refractivity contribution is 0.893. The van der Waals surface area contributed by atoms with Crippen LogP contribution in [0.15, 0.2) is 23.0 Å². The van der Waals surface area contributed by atoms with Crippen LogP contribution in [0.3, 0.4) is 0 Å². The summed E-state index contributed by atoms with van der Waals surface area (Å²) >= 11 is 0. The first-order valence-corrected chi connectivity index (χ1v) is 4.87. The molecule has 1 aromatic heterocycles. The second-order valence-corrected chi connectivity index (χ2v) is 3.96. The summed E-state index contributed by atoms with van der Waals surface area (Å²) in [6.45, 7) is 3.76. The highest BCUT2D eigenvalue weighted by molar-refractivity contribution is 5.84. The predicted molar refractivity (Wildman–Crippen MR) is 63.1 cm³/mol. The van der Waals surface area contributed by atoms with Crippen molar-refractivity contribution in [3.05, 3.63) is 39.7 Å². The van der Waals surface area contributed by atoms with Crippen molar-refractivity contribution in [1.29, 1.82) is 0 Å². The van der Waals surface area contributed by atoms with E-state index in [4.69, 9.17) is 5.73 Å². The van der Waals surface area contributed by atoms with Gasteiger partial charge in [0.25, 0.3) is 5.56 Å². The van der Waals surface area contributed by atoms with Gasteiger partial charge in [0.15, 0.2) is 0 Å². The first-order valence-electron chi connectivity index (χ1n) is 4.87. The third-order valence-corrected chi connectivity index (χ3v) is 2.79. The van der Waals surface area contributed by atoms with E-state index in [1.807, 2.05) is 32.0 Å². The molecule has 0 fully saturated rings. The van der Waals surface area contributed by atoms with E-state index in [0.29, 0.717) is 0 Å². The highest BCUT2D eigenvalue weighted by Gasteiger charge is 2.05. The van der Waals surface area contributed by atoms with Crippen molar-refractivity contribution in [1.82, 2.24) is 4.57 Å². The van der Waals surface area contributed by atoms with Gasteiger partial charge in [-0.2, -0.15) is 0 Å². The first kappa shape index (κ1) is 9.77. The van der Waals surface area contributed by atoms with E-state index in [1.165, 1.54) is 0 Å². The minimum atomic E-state index is 0.0478. The van der Waals surface area contributed by atoms with Crippen LogP contribution in [0.25, 0.3) is 10.9 Å². The Kier molecular flexibility index (Phi) is 2.03. The molecule has 0 aliphatic rings. The van der Waals surface area contributed by atoms with Gasteiger partial charge in [0.2, 0.25) is 0 Å². The molecule has 0 aliphatic carbocycles. The monoisotopic (exact) mass is 202 g/mol. The fourth-order valence-electron chi connectivity index (χ4n) is 1.80. The van der Waals surface area contributed by atoms with E-state index in [2.05, 4.69) is 0 Å². The Labute approximate surface area is 88.1 Å². The van der Waals surface area contributed by atoms with E-state index in [-0.39, 0.29) is 5.56 Å². The summed E-state index contributed by atoms with van der Waals surface area (Å²) in [6.07, 6.45) is 0. The van der Waals surface area contributed by atoms with Gasteiger partial charge in [0.1, 0.15) is 0 Å². The molecule has 2 N–H and O–H groups in total. The van der Waals surface area contributed by atoms with Crippen molar-refractivity contribution < 1.29 is 0 Å². The smallest absolute Gasteiger partial charge is 0.253 e. The van der Waals surface area contributed by atoms with Crippen LogP contribution in [0.1, 0.15) is 11.1 Å². The number of nitrogens with two attached hydrogens (primary N) is 1. The van der Waals surface area contributed by atoms with Gasteiger partial charge < -0.3 is 10.3 Å². The molecule has 0 bridgehead atoms. The largest absolute Gasteiger partial charge is 0.398 e. The molecule has 1 heterocycles. The molecular weight excluding hydrogens is 188 g/mol. The van der Waals surface area contributed by atoms with Crippen molar-refractivity contribution in [3.8, 4) is 0 Å². The van der Waals surface area contributed by atoms with Crippen molar-refractivity contribution in [2.75, 3.05) is 5.73 Å². The van der Waals surface area contributed by atoms with Gasteiger partial charge in [0, 0.05) is 23.7 Å². The molecule has 3 heteroatoms. The second kappa shape index (κ2) is 3.12. The number of pyridine rings is 1. The highest BCUT2D eigenvalue weighted by Crippen LogP contribution is 2.20. The molecule has 2 rings (SSSR count). The Hall–Kier alpha value is -1.77. The molecule has 3 nitrogen and oxygen atoms in total. The second-order valence-electron chi connectivity index (χ2n) is 3.96. The predicted octanol–water partition coefficient (Wildman–Crippen LogP) is 1.74. The third-order valence-electron chi connectivity index (χ3n) is 2.79. The third kappa shape index (κ3) is 1.40. The lowest BCUT2D eigenvalue weighted by Crippen LogP contribution is -2.19. The zero-order chi connectivity index (χ0) is 11.2. The van der Waals surface area contributed by atoms with Crippen LogP contribution in [0.4, 0.5) is 5.69 Å². The van der Waals surface area contributed by atoms with Crippen LogP contribution >= 0.6 is 0 Å². The number of nitrogen functional groups attached to an aromatic ring is 1. The summed E-state index contributed by atoms with van der Waals surface area (Å²) in [6, 6.07) is 5.75. The maximum atomic E-state index is 11.7. The number of anilines is 1. The summed E-state index contributed by atoms with van der Waals surface area (Å²) in [5.41, 5.74) is 9.32. The molecule has 0 atom stereocenters. The zero-order valence-corrected chi connectivity index (χ0v) is 9.16. The SMILES string of the molecule is Cc1cc2c(cc1N)cc(C)c(=O)n2C. The topological polar surface area (TPSA) is 48.0 Å². The number of aromatic nitrogens is 1. The van der Waals surface area contributed by atoms with Gasteiger partial charge in [-0.1, -0.05) is 0 Å². The maximum Gasteiger partial charge on any atom is 0.253 e. The number of benzene rings is 1. The van der Waals surface area contributed by atoms with Crippen molar-refractivity contribution >= 4 is 16.6 Å². The van der Waals surface area contributed by atoms with Crippen molar-refractivity contribution in [2.45, 2.75) is 13.8 Å². The lowest BCUT2D eigenvalue weighted by atomic mass is 10.1. The molecule has 0 aliphatic heterocycles. The molecule has 1 aromatic carbocycles. The van der Waals surface area contributed by atoms with Crippen molar-refractivity contribution in [3.63, 3.8) is 0 Å². The van der Waals surface area contributed by atoms with Crippen LogP contribution in [0.2, 0.25) is 0 Å². The van der Waals surface area contributed by atoms with Crippen LogP contribution < -0.4 is 11.3 Å². The van der Waals surface area contributed by atoms with Gasteiger partial charge in [0.05, 0.1) is 5.52 Å². The minimum absolute atomic E-state index is 0.0478. The molecule has 2 aromatic rings. The highest BCUT2D eigenvalue weighted by atomic mass is 16.1. The van der Waals surface area contributed by atoms with Gasteiger partial charge in [-0.3, -0.25) is 4.79 Å². The Morgan fingerprint density at radius 2 is 1.80 bits per heavy atom. The van der Waals surface area contributed by atoms with E-state index >= 15 is 0 Å². The molecule has 15 heavy (non-hydrogen) atoms. The number of fused-ring (bicyclic) bond motifs is 1. The molecular formula is C12H14N2O. The number of hydrogen-bond donors (Lipinski definition) is 1. The Morgan fingerprint density at radius 1 is 1.13 bits per heavy atom. The number of nitrogens with zero attached hydrogens (tertiary/aromatic N) is 1. The minimum Gasteiger partial charge on any atom is -0.398 e. The average molecular weight is 202 g/mol. The Morgan fingerprint density at radius 3 is 2.47 bits per heavy atom. The normalized spacial score (nSPS) is 10.9. The fraction of sp³-hybridized carbons (Fsp3) is 0.250. The quantitative estimate of drug-likeness (QED) is 0.661. The number of rotatable bonds is 0. The molecule has 0 spiro atoms. The van der Waals surface area contributed by atoms with Gasteiger partial charge >= 0.3 is 0 Å².